The van der Waals surface area contributed by atoms with Gasteiger partial charge in [-0.15, -0.1) is 0 Å². The summed E-state index contributed by atoms with van der Waals surface area (Å²) in [5.41, 5.74) is 2.05. The second-order valence-corrected chi connectivity index (χ2v) is 8.50. The number of nitrogens with zero attached hydrogens (tertiary/aromatic N) is 5. The van der Waals surface area contributed by atoms with Crippen molar-refractivity contribution < 1.29 is 13.5 Å². The van der Waals surface area contributed by atoms with Crippen LogP contribution in [0, 0.1) is 29.9 Å². The number of pyridine rings is 2. The first-order valence-electron chi connectivity index (χ1n) is 11.8. The monoisotopic (exact) mass is 475 g/mol. The summed E-state index contributed by atoms with van der Waals surface area (Å²) in [6.07, 6.45) is 11.8. The summed E-state index contributed by atoms with van der Waals surface area (Å²) in [5.74, 6) is -1.35. The summed E-state index contributed by atoms with van der Waals surface area (Å²) < 4.78 is 34.1. The number of benzene rings is 1. The van der Waals surface area contributed by atoms with Crippen LogP contribution in [0.4, 0.5) is 8.78 Å². The molecule has 1 aromatic carbocycles. The molecule has 0 amide bonds. The van der Waals surface area contributed by atoms with E-state index in [9.17, 15) is 8.78 Å². The van der Waals surface area contributed by atoms with Crippen LogP contribution in [-0.2, 0) is 4.74 Å². The molecule has 6 nitrogen and oxygen atoms in total. The van der Waals surface area contributed by atoms with Crippen molar-refractivity contribution in [1.82, 2.24) is 19.7 Å². The van der Waals surface area contributed by atoms with Gasteiger partial charge in [-0.3, -0.25) is 14.6 Å². The third-order valence-corrected chi connectivity index (χ3v) is 5.70. The summed E-state index contributed by atoms with van der Waals surface area (Å²) >= 11 is 0. The number of nitriles is 1. The number of aryl methyl sites for hydroxylation is 1. The summed E-state index contributed by atoms with van der Waals surface area (Å²) in [5, 5.41) is 13.8. The van der Waals surface area contributed by atoms with E-state index in [1.54, 1.807) is 19.1 Å². The molecule has 0 N–H and O–H groups in total. The number of rotatable bonds is 2. The number of hydrogen-bond donors (Lipinski definition) is 0. The lowest BCUT2D eigenvalue weighted by atomic mass is 10.0. The Hall–Kier alpha value is -3.70. The smallest absolute Gasteiger partial charge is 0.135 e. The van der Waals surface area contributed by atoms with Gasteiger partial charge in [0.1, 0.15) is 17.7 Å². The van der Waals surface area contributed by atoms with E-state index in [0.29, 0.717) is 22.2 Å². The fourth-order valence-electron chi connectivity index (χ4n) is 3.71. The van der Waals surface area contributed by atoms with Crippen LogP contribution in [0.3, 0.4) is 0 Å². The van der Waals surface area contributed by atoms with Gasteiger partial charge in [0, 0.05) is 54.5 Å². The Labute approximate surface area is 203 Å². The zero-order valence-corrected chi connectivity index (χ0v) is 19.6. The summed E-state index contributed by atoms with van der Waals surface area (Å²) in [6, 6.07) is 11.5. The molecule has 0 unspecified atom stereocenters. The lowest BCUT2D eigenvalue weighted by molar-refractivity contribution is 0.0968. The van der Waals surface area contributed by atoms with E-state index in [0.717, 1.165) is 31.0 Å². The molecule has 1 saturated heterocycles. The van der Waals surface area contributed by atoms with Crippen molar-refractivity contribution in [2.24, 2.45) is 0 Å². The van der Waals surface area contributed by atoms with Crippen LogP contribution in [-0.4, -0.2) is 33.0 Å². The zero-order valence-electron chi connectivity index (χ0n) is 19.6. The third-order valence-electron chi connectivity index (χ3n) is 5.70. The first kappa shape index (κ1) is 24.4. The quantitative estimate of drug-likeness (QED) is 0.347. The Kier molecular flexibility index (Phi) is 8.11. The molecule has 1 saturated carbocycles. The Balaban J connectivity index is 0.000000166. The van der Waals surface area contributed by atoms with E-state index in [-0.39, 0.29) is 5.56 Å². The predicted octanol–water partition coefficient (Wildman–Crippen LogP) is 6.16. The molecule has 3 aromatic heterocycles. The molecule has 4 aromatic rings. The fourth-order valence-corrected chi connectivity index (χ4v) is 3.71. The highest BCUT2D eigenvalue weighted by atomic mass is 19.1. The maximum absolute atomic E-state index is 14.0. The van der Waals surface area contributed by atoms with Gasteiger partial charge in [0.2, 0.25) is 0 Å². The molecule has 6 rings (SSSR count). The van der Waals surface area contributed by atoms with Crippen molar-refractivity contribution in [2.45, 2.75) is 45.1 Å². The van der Waals surface area contributed by atoms with E-state index < -0.39 is 11.6 Å². The van der Waals surface area contributed by atoms with Gasteiger partial charge in [0.05, 0.1) is 22.8 Å². The molecule has 0 spiro atoms. The van der Waals surface area contributed by atoms with E-state index >= 15 is 0 Å². The Morgan fingerprint density at radius 3 is 2.46 bits per heavy atom. The van der Waals surface area contributed by atoms with Crippen LogP contribution in [0.2, 0.25) is 0 Å². The SMILES string of the molecule is C1CCOCC1.Cc1ccc2c(-c3ccc(F)cc3F)ncc(C#N)c2n1.c1cnn(C2CC2)c1. The summed E-state index contributed by atoms with van der Waals surface area (Å²) in [4.78, 5) is 8.46. The standard InChI is InChI=1S/C16H9F2N3.C6H8N2.C5H10O/c1-9-2-4-13-15(21-9)10(7-19)8-20-16(13)12-5-3-11(17)6-14(12)18;1-4-7-8(5-1)6-2-3-6;1-2-4-6-5-3-1/h2-6,8H,1H3;1,4-6H,2-3H2;1-5H2. The lowest BCUT2D eigenvalue weighted by Crippen LogP contribution is -2.03. The van der Waals surface area contributed by atoms with Crippen molar-refractivity contribution in [2.75, 3.05) is 13.2 Å². The largest absolute Gasteiger partial charge is 0.381 e. The second-order valence-electron chi connectivity index (χ2n) is 8.50. The number of hydrogen-bond acceptors (Lipinski definition) is 5. The average Bonchev–Trinajstić information content (AvgIpc) is 3.59. The molecular formula is C27H27F2N5O. The molecule has 0 bridgehead atoms. The van der Waals surface area contributed by atoms with E-state index in [2.05, 4.69) is 15.1 Å². The van der Waals surface area contributed by atoms with E-state index in [1.807, 2.05) is 29.2 Å². The average molecular weight is 476 g/mol. The topological polar surface area (TPSA) is 76.6 Å². The second kappa shape index (κ2) is 11.6. The van der Waals surface area contributed by atoms with Crippen LogP contribution in [0.1, 0.15) is 49.4 Å². The molecule has 2 aliphatic rings. The zero-order chi connectivity index (χ0) is 24.6. The Morgan fingerprint density at radius 2 is 1.89 bits per heavy atom. The summed E-state index contributed by atoms with van der Waals surface area (Å²) in [7, 11) is 0. The van der Waals surface area contributed by atoms with Crippen molar-refractivity contribution in [3.8, 4) is 17.3 Å². The first-order chi connectivity index (χ1) is 17.1. The third kappa shape index (κ3) is 6.46. The molecule has 180 valence electrons. The van der Waals surface area contributed by atoms with Gasteiger partial charge >= 0.3 is 0 Å². The fraction of sp³-hybridized carbons (Fsp3) is 0.333. The highest BCUT2D eigenvalue weighted by Crippen LogP contribution is 2.33. The van der Waals surface area contributed by atoms with E-state index in [4.69, 9.17) is 10.00 Å². The number of fused-ring (bicyclic) bond motifs is 1. The van der Waals surface area contributed by atoms with Crippen molar-refractivity contribution in [3.05, 3.63) is 77.9 Å². The summed E-state index contributed by atoms with van der Waals surface area (Å²) in [6.45, 7) is 3.80. The van der Waals surface area contributed by atoms with Crippen LogP contribution in [0.5, 0.6) is 0 Å². The van der Waals surface area contributed by atoms with Crippen molar-refractivity contribution >= 4 is 10.9 Å². The van der Waals surface area contributed by atoms with Crippen molar-refractivity contribution in [1.29, 1.82) is 5.26 Å². The molecule has 1 aliphatic carbocycles. The normalized spacial score (nSPS) is 14.8. The molecule has 4 heterocycles. The Bertz CT molecular complexity index is 1300. The highest BCUT2D eigenvalue weighted by Gasteiger charge is 2.23. The Morgan fingerprint density at radius 1 is 1.09 bits per heavy atom. The van der Waals surface area contributed by atoms with Gasteiger partial charge in [0.15, 0.2) is 0 Å². The predicted molar refractivity (Wildman–Crippen MR) is 130 cm³/mol. The van der Waals surface area contributed by atoms with Crippen LogP contribution < -0.4 is 0 Å². The van der Waals surface area contributed by atoms with Gasteiger partial charge in [-0.25, -0.2) is 8.78 Å². The number of aromatic nitrogens is 4. The van der Waals surface area contributed by atoms with Gasteiger partial charge in [-0.05, 0) is 69.4 Å². The van der Waals surface area contributed by atoms with Gasteiger partial charge in [0.25, 0.3) is 0 Å². The molecule has 2 fully saturated rings. The molecule has 8 heteroatoms. The van der Waals surface area contributed by atoms with Crippen molar-refractivity contribution in [3.63, 3.8) is 0 Å². The van der Waals surface area contributed by atoms with E-state index in [1.165, 1.54) is 50.4 Å². The minimum atomic E-state index is -0.700. The molecule has 1 aliphatic heterocycles. The number of halogens is 2. The van der Waals surface area contributed by atoms with Gasteiger partial charge in [-0.1, -0.05) is 0 Å². The van der Waals surface area contributed by atoms with Gasteiger partial charge in [-0.2, -0.15) is 10.4 Å². The first-order valence-corrected chi connectivity index (χ1v) is 11.8. The molecule has 0 radical (unpaired) electrons. The lowest BCUT2D eigenvalue weighted by Gasteiger charge is -2.08. The highest BCUT2D eigenvalue weighted by molar-refractivity contribution is 5.95. The van der Waals surface area contributed by atoms with Crippen LogP contribution in [0.15, 0.2) is 55.0 Å². The molecular weight excluding hydrogens is 448 g/mol. The minimum Gasteiger partial charge on any atom is -0.381 e. The molecule has 35 heavy (non-hydrogen) atoms. The number of ether oxygens (including phenoxy) is 1. The maximum Gasteiger partial charge on any atom is 0.135 e. The van der Waals surface area contributed by atoms with Crippen LogP contribution in [0.25, 0.3) is 22.2 Å². The van der Waals surface area contributed by atoms with Crippen LogP contribution >= 0.6 is 0 Å². The van der Waals surface area contributed by atoms with Gasteiger partial charge < -0.3 is 4.74 Å². The maximum atomic E-state index is 14.0. The minimum absolute atomic E-state index is 0.177. The molecule has 0 atom stereocenters.